The fraction of sp³-hybridized carbons (Fsp3) is 0.429. The van der Waals surface area contributed by atoms with E-state index in [9.17, 15) is 5.11 Å². The summed E-state index contributed by atoms with van der Waals surface area (Å²) in [7, 11) is 0. The molecular weight excluding hydrogens is 220 g/mol. The van der Waals surface area contributed by atoms with Gasteiger partial charge in [-0.15, -0.1) is 0 Å². The second-order valence-electron chi connectivity index (χ2n) is 4.38. The van der Waals surface area contributed by atoms with Crippen molar-refractivity contribution in [3.8, 4) is 0 Å². The van der Waals surface area contributed by atoms with Gasteiger partial charge in [0, 0.05) is 5.02 Å². The molecule has 0 amide bonds. The predicted octanol–water partition coefficient (Wildman–Crippen LogP) is 4.26. The third kappa shape index (κ3) is 3.10. The highest BCUT2D eigenvalue weighted by molar-refractivity contribution is 6.30. The van der Waals surface area contributed by atoms with Gasteiger partial charge < -0.3 is 5.11 Å². The highest BCUT2D eigenvalue weighted by Gasteiger charge is 2.11. The zero-order valence-electron chi connectivity index (χ0n) is 9.32. The van der Waals surface area contributed by atoms with E-state index in [1.165, 1.54) is 24.8 Å². The van der Waals surface area contributed by atoms with E-state index in [0.29, 0.717) is 5.02 Å². The molecule has 0 fully saturated rings. The van der Waals surface area contributed by atoms with Crippen molar-refractivity contribution in [1.29, 1.82) is 0 Å². The third-order valence-corrected chi connectivity index (χ3v) is 3.35. The van der Waals surface area contributed by atoms with E-state index in [1.54, 1.807) is 0 Å². The summed E-state index contributed by atoms with van der Waals surface area (Å²) in [6, 6.07) is 7.46. The summed E-state index contributed by atoms with van der Waals surface area (Å²) in [6.07, 6.45) is 7.53. The first-order valence-corrected chi connectivity index (χ1v) is 6.25. The second-order valence-corrected chi connectivity index (χ2v) is 4.82. The average molecular weight is 237 g/mol. The van der Waals surface area contributed by atoms with Crippen LogP contribution in [-0.4, -0.2) is 5.11 Å². The standard InChI is InChI=1S/C14H17ClO/c15-13-8-6-12(7-9-13)14(16)10-11-4-2-1-3-5-11/h4,6-9,14,16H,1-3,5,10H2. The van der Waals surface area contributed by atoms with Crippen molar-refractivity contribution in [3.05, 3.63) is 46.5 Å². The van der Waals surface area contributed by atoms with Gasteiger partial charge in [0.15, 0.2) is 0 Å². The van der Waals surface area contributed by atoms with Crippen LogP contribution < -0.4 is 0 Å². The fourth-order valence-electron chi connectivity index (χ4n) is 2.14. The number of aliphatic hydroxyl groups is 1. The van der Waals surface area contributed by atoms with E-state index in [1.807, 2.05) is 24.3 Å². The molecule has 86 valence electrons. The van der Waals surface area contributed by atoms with Crippen LogP contribution in [-0.2, 0) is 0 Å². The summed E-state index contributed by atoms with van der Waals surface area (Å²) in [4.78, 5) is 0. The maximum atomic E-state index is 10.1. The molecule has 1 aromatic carbocycles. The second kappa shape index (κ2) is 5.51. The molecule has 1 aliphatic rings. The maximum Gasteiger partial charge on any atom is 0.0827 e. The topological polar surface area (TPSA) is 20.2 Å². The van der Waals surface area contributed by atoms with E-state index < -0.39 is 0 Å². The lowest BCUT2D eigenvalue weighted by Crippen LogP contribution is -2.01. The van der Waals surface area contributed by atoms with Crippen LogP contribution in [0.1, 0.15) is 43.8 Å². The number of halogens is 1. The van der Waals surface area contributed by atoms with Gasteiger partial charge >= 0.3 is 0 Å². The Kier molecular flexibility index (Phi) is 4.03. The lowest BCUT2D eigenvalue weighted by molar-refractivity contribution is 0.176. The summed E-state index contributed by atoms with van der Waals surface area (Å²) < 4.78 is 0. The molecule has 16 heavy (non-hydrogen) atoms. The number of aliphatic hydroxyl groups excluding tert-OH is 1. The van der Waals surface area contributed by atoms with Crippen LogP contribution >= 0.6 is 11.6 Å². The number of benzene rings is 1. The summed E-state index contributed by atoms with van der Waals surface area (Å²) in [6.45, 7) is 0. The summed E-state index contributed by atoms with van der Waals surface area (Å²) in [5.74, 6) is 0. The Morgan fingerprint density at radius 1 is 1.19 bits per heavy atom. The summed E-state index contributed by atoms with van der Waals surface area (Å²) >= 11 is 5.82. The molecule has 0 spiro atoms. The Labute approximate surface area is 102 Å². The Morgan fingerprint density at radius 3 is 2.56 bits per heavy atom. The van der Waals surface area contributed by atoms with Crippen molar-refractivity contribution in [2.45, 2.75) is 38.2 Å². The molecule has 0 aliphatic heterocycles. The number of hydrogen-bond donors (Lipinski definition) is 1. The van der Waals surface area contributed by atoms with Gasteiger partial charge in [-0.1, -0.05) is 35.4 Å². The van der Waals surface area contributed by atoms with Gasteiger partial charge in [-0.2, -0.15) is 0 Å². The first-order chi connectivity index (χ1) is 7.75. The molecule has 0 radical (unpaired) electrons. The summed E-state index contributed by atoms with van der Waals surface area (Å²) in [5, 5.41) is 10.8. The Morgan fingerprint density at radius 2 is 1.94 bits per heavy atom. The Hall–Kier alpha value is -0.790. The minimum atomic E-state index is -0.387. The van der Waals surface area contributed by atoms with Gasteiger partial charge in [0.2, 0.25) is 0 Å². The van der Waals surface area contributed by atoms with E-state index in [-0.39, 0.29) is 6.10 Å². The SMILES string of the molecule is OC(CC1=CCCCC1)c1ccc(Cl)cc1. The van der Waals surface area contributed by atoms with Crippen molar-refractivity contribution in [2.75, 3.05) is 0 Å². The van der Waals surface area contributed by atoms with Crippen molar-refractivity contribution in [2.24, 2.45) is 0 Å². The van der Waals surface area contributed by atoms with Crippen LogP contribution in [0.15, 0.2) is 35.9 Å². The smallest absolute Gasteiger partial charge is 0.0827 e. The molecule has 0 saturated heterocycles. The van der Waals surface area contributed by atoms with Gasteiger partial charge in [-0.25, -0.2) is 0 Å². The Bertz CT molecular complexity index is 367. The molecule has 1 nitrogen and oxygen atoms in total. The van der Waals surface area contributed by atoms with Crippen molar-refractivity contribution >= 4 is 11.6 Å². The van der Waals surface area contributed by atoms with E-state index in [2.05, 4.69) is 6.08 Å². The molecule has 1 unspecified atom stereocenters. The highest BCUT2D eigenvalue weighted by Crippen LogP contribution is 2.27. The molecule has 2 heteroatoms. The molecule has 0 saturated carbocycles. The van der Waals surface area contributed by atoms with E-state index in [0.717, 1.165) is 18.4 Å². The largest absolute Gasteiger partial charge is 0.388 e. The maximum absolute atomic E-state index is 10.1. The first-order valence-electron chi connectivity index (χ1n) is 5.87. The molecular formula is C14H17ClO. The lowest BCUT2D eigenvalue weighted by atomic mass is 9.93. The average Bonchev–Trinajstić information content (AvgIpc) is 2.31. The molecule has 0 aromatic heterocycles. The van der Waals surface area contributed by atoms with Crippen LogP contribution in [0.3, 0.4) is 0 Å². The zero-order chi connectivity index (χ0) is 11.4. The van der Waals surface area contributed by atoms with Gasteiger partial charge in [0.05, 0.1) is 6.10 Å². The van der Waals surface area contributed by atoms with Crippen molar-refractivity contribution < 1.29 is 5.11 Å². The predicted molar refractivity (Wildman–Crippen MR) is 67.6 cm³/mol. The third-order valence-electron chi connectivity index (χ3n) is 3.10. The minimum Gasteiger partial charge on any atom is -0.388 e. The lowest BCUT2D eigenvalue weighted by Gasteiger charge is -2.16. The molecule has 1 aliphatic carbocycles. The van der Waals surface area contributed by atoms with Crippen LogP contribution in [0.2, 0.25) is 5.02 Å². The van der Waals surface area contributed by atoms with Crippen molar-refractivity contribution in [1.82, 2.24) is 0 Å². The van der Waals surface area contributed by atoms with Crippen molar-refractivity contribution in [3.63, 3.8) is 0 Å². The molecule has 1 N–H and O–H groups in total. The van der Waals surface area contributed by atoms with E-state index in [4.69, 9.17) is 11.6 Å². The van der Waals surface area contributed by atoms with Crippen LogP contribution in [0.4, 0.5) is 0 Å². The molecule has 2 rings (SSSR count). The normalized spacial score (nSPS) is 18.0. The van der Waals surface area contributed by atoms with E-state index >= 15 is 0 Å². The van der Waals surface area contributed by atoms with Crippen LogP contribution in [0.5, 0.6) is 0 Å². The highest BCUT2D eigenvalue weighted by atomic mass is 35.5. The number of hydrogen-bond acceptors (Lipinski definition) is 1. The van der Waals surface area contributed by atoms with Crippen LogP contribution in [0.25, 0.3) is 0 Å². The first kappa shape index (κ1) is 11.7. The van der Waals surface area contributed by atoms with Gasteiger partial charge in [-0.05, 0) is 49.8 Å². The number of rotatable bonds is 3. The summed E-state index contributed by atoms with van der Waals surface area (Å²) in [5.41, 5.74) is 2.35. The minimum absolute atomic E-state index is 0.387. The molecule has 1 atom stereocenters. The van der Waals surface area contributed by atoms with Gasteiger partial charge in [0.25, 0.3) is 0 Å². The van der Waals surface area contributed by atoms with Gasteiger partial charge in [-0.3, -0.25) is 0 Å². The fourth-order valence-corrected chi connectivity index (χ4v) is 2.27. The Balaban J connectivity index is 1.99. The molecule has 1 aromatic rings. The molecule has 0 heterocycles. The zero-order valence-corrected chi connectivity index (χ0v) is 10.1. The number of allylic oxidation sites excluding steroid dienone is 1. The van der Waals surface area contributed by atoms with Crippen LogP contribution in [0, 0.1) is 0 Å². The molecule has 0 bridgehead atoms. The van der Waals surface area contributed by atoms with Gasteiger partial charge in [0.1, 0.15) is 0 Å². The quantitative estimate of drug-likeness (QED) is 0.778. The monoisotopic (exact) mass is 236 g/mol.